The summed E-state index contributed by atoms with van der Waals surface area (Å²) < 4.78 is 0. The summed E-state index contributed by atoms with van der Waals surface area (Å²) in [6.45, 7) is 3.85. The second-order valence-electron chi connectivity index (χ2n) is 10.6. The second kappa shape index (κ2) is 9.91. The van der Waals surface area contributed by atoms with Crippen LogP contribution in [0, 0.1) is 0 Å². The van der Waals surface area contributed by atoms with Crippen LogP contribution in [-0.2, 0) is 29.0 Å². The largest absolute Gasteiger partial charge is 0.351 e. The fraction of sp³-hybridized carbons (Fsp3) is 0.517. The van der Waals surface area contributed by atoms with Gasteiger partial charge in [-0.05, 0) is 49.3 Å². The van der Waals surface area contributed by atoms with Gasteiger partial charge in [-0.3, -0.25) is 14.5 Å². The van der Waals surface area contributed by atoms with Crippen molar-refractivity contribution >= 4 is 11.8 Å². The molecule has 0 aromatic heterocycles. The number of carbonyl (C=O) groups excluding carboxylic acids is 2. The Hall–Kier alpha value is -2.66. The number of nitrogens with zero attached hydrogens (tertiary/aromatic N) is 2. The molecule has 5 heteroatoms. The van der Waals surface area contributed by atoms with Gasteiger partial charge in [0.25, 0.3) is 0 Å². The Balaban J connectivity index is 1.41. The molecule has 1 N–H and O–H groups in total. The second-order valence-corrected chi connectivity index (χ2v) is 10.6. The van der Waals surface area contributed by atoms with Crippen molar-refractivity contribution in [1.29, 1.82) is 0 Å². The number of amides is 2. The van der Waals surface area contributed by atoms with Crippen LogP contribution in [0.15, 0.2) is 54.6 Å². The van der Waals surface area contributed by atoms with Gasteiger partial charge in [0, 0.05) is 25.7 Å². The van der Waals surface area contributed by atoms with Crippen LogP contribution in [0.2, 0.25) is 0 Å². The van der Waals surface area contributed by atoms with Crippen LogP contribution in [0.1, 0.15) is 62.1 Å². The van der Waals surface area contributed by atoms with Gasteiger partial charge in [-0.25, -0.2) is 0 Å². The summed E-state index contributed by atoms with van der Waals surface area (Å²) in [5.74, 6) is 0.105. The molecule has 1 saturated carbocycles. The van der Waals surface area contributed by atoms with Crippen LogP contribution in [0.3, 0.4) is 0 Å². The predicted molar refractivity (Wildman–Crippen MR) is 134 cm³/mol. The van der Waals surface area contributed by atoms with E-state index in [1.54, 1.807) is 0 Å². The first kappa shape index (κ1) is 23.1. The fourth-order valence-electron chi connectivity index (χ4n) is 6.09. The molecule has 2 aromatic rings. The summed E-state index contributed by atoms with van der Waals surface area (Å²) in [5, 5.41) is 3.37. The van der Waals surface area contributed by atoms with Gasteiger partial charge in [-0.2, -0.15) is 0 Å². The van der Waals surface area contributed by atoms with E-state index in [2.05, 4.69) is 46.6 Å². The Morgan fingerprint density at radius 2 is 1.65 bits per heavy atom. The number of hydrogen-bond donors (Lipinski definition) is 1. The number of piperazine rings is 1. The predicted octanol–water partition coefficient (Wildman–Crippen LogP) is 4.10. The average Bonchev–Trinajstić information content (AvgIpc) is 3.12. The molecule has 2 heterocycles. The van der Waals surface area contributed by atoms with Crippen LogP contribution >= 0.6 is 0 Å². The van der Waals surface area contributed by atoms with Gasteiger partial charge >= 0.3 is 0 Å². The minimum atomic E-state index is -0.874. The highest BCUT2D eigenvalue weighted by Crippen LogP contribution is 2.34. The zero-order chi connectivity index (χ0) is 23.5. The molecule has 2 fully saturated rings. The molecule has 2 unspecified atom stereocenters. The molecule has 180 valence electrons. The van der Waals surface area contributed by atoms with Crippen molar-refractivity contribution in [2.45, 2.75) is 82.5 Å². The van der Waals surface area contributed by atoms with Gasteiger partial charge in [0.1, 0.15) is 5.54 Å². The molecule has 2 atom stereocenters. The molecule has 5 rings (SSSR count). The highest BCUT2D eigenvalue weighted by molar-refractivity contribution is 5.95. The third-order valence-corrected chi connectivity index (χ3v) is 8.15. The van der Waals surface area contributed by atoms with E-state index in [1.807, 2.05) is 30.0 Å². The van der Waals surface area contributed by atoms with E-state index in [-0.39, 0.29) is 23.9 Å². The van der Waals surface area contributed by atoms with Crippen LogP contribution in [0.25, 0.3) is 0 Å². The van der Waals surface area contributed by atoms with Crippen LogP contribution < -0.4 is 5.32 Å². The maximum atomic E-state index is 14.0. The normalized spacial score (nSPS) is 25.9. The lowest BCUT2D eigenvalue weighted by Gasteiger charge is -2.52. The molecule has 0 spiro atoms. The third kappa shape index (κ3) is 4.63. The van der Waals surface area contributed by atoms with Gasteiger partial charge in [0.05, 0.1) is 6.04 Å². The van der Waals surface area contributed by atoms with Crippen LogP contribution in [-0.4, -0.2) is 52.3 Å². The smallest absolute Gasteiger partial charge is 0.247 e. The third-order valence-electron chi connectivity index (χ3n) is 8.15. The zero-order valence-corrected chi connectivity index (χ0v) is 20.3. The Kier molecular flexibility index (Phi) is 6.73. The first-order valence-electron chi connectivity index (χ1n) is 13.0. The van der Waals surface area contributed by atoms with Gasteiger partial charge in [-0.1, -0.05) is 80.3 Å². The number of carbonyl (C=O) groups is 2. The highest BCUT2D eigenvalue weighted by Gasteiger charge is 2.52. The molecule has 34 heavy (non-hydrogen) atoms. The van der Waals surface area contributed by atoms with Crippen molar-refractivity contribution in [3.8, 4) is 0 Å². The summed E-state index contributed by atoms with van der Waals surface area (Å²) in [4.78, 5) is 32.0. The maximum absolute atomic E-state index is 14.0. The maximum Gasteiger partial charge on any atom is 0.247 e. The Morgan fingerprint density at radius 3 is 2.38 bits per heavy atom. The molecule has 1 saturated heterocycles. The molecular weight excluding hydrogens is 422 g/mol. The minimum Gasteiger partial charge on any atom is -0.351 e. The number of nitrogens with one attached hydrogen (secondary N) is 1. The summed E-state index contributed by atoms with van der Waals surface area (Å²) in [6, 6.07) is 18.7. The summed E-state index contributed by atoms with van der Waals surface area (Å²) >= 11 is 0. The van der Waals surface area contributed by atoms with E-state index >= 15 is 0 Å². The van der Waals surface area contributed by atoms with Gasteiger partial charge in [0.15, 0.2) is 0 Å². The van der Waals surface area contributed by atoms with Crippen molar-refractivity contribution < 1.29 is 9.59 Å². The van der Waals surface area contributed by atoms with Crippen molar-refractivity contribution in [2.75, 3.05) is 13.1 Å². The molecule has 2 aromatic carbocycles. The molecule has 2 amide bonds. The van der Waals surface area contributed by atoms with Crippen LogP contribution in [0.5, 0.6) is 0 Å². The highest BCUT2D eigenvalue weighted by atomic mass is 16.2. The summed E-state index contributed by atoms with van der Waals surface area (Å²) in [7, 11) is 0. The van der Waals surface area contributed by atoms with Crippen molar-refractivity contribution in [3.05, 3.63) is 71.3 Å². The van der Waals surface area contributed by atoms with Crippen molar-refractivity contribution in [1.82, 2.24) is 15.1 Å². The lowest BCUT2D eigenvalue weighted by atomic mass is 9.85. The Bertz CT molecular complexity index is 1020. The van der Waals surface area contributed by atoms with Crippen LogP contribution in [0.4, 0.5) is 0 Å². The van der Waals surface area contributed by atoms with Crippen molar-refractivity contribution in [3.63, 3.8) is 0 Å². The molecule has 1 aliphatic carbocycles. The Morgan fingerprint density at radius 1 is 0.971 bits per heavy atom. The van der Waals surface area contributed by atoms with Gasteiger partial charge in [-0.15, -0.1) is 0 Å². The standard InChI is InChI=1S/C29H37N3O2/c1-29(28(34)30-25-15-7-2-3-8-16-25)21-31-20-24-14-10-9-13-23(24)19-26(31)27(33)32(29)18-17-22-11-5-4-6-12-22/h4-6,9-14,25-26H,2-3,7-8,15-21H2,1H3,(H,30,34). The summed E-state index contributed by atoms with van der Waals surface area (Å²) in [6.07, 6.45) is 8.39. The molecule has 0 bridgehead atoms. The van der Waals surface area contributed by atoms with E-state index in [9.17, 15) is 9.59 Å². The molecule has 0 radical (unpaired) electrons. The quantitative estimate of drug-likeness (QED) is 0.685. The number of rotatable bonds is 5. The number of fused-ring (bicyclic) bond motifs is 2. The van der Waals surface area contributed by atoms with Gasteiger partial charge < -0.3 is 10.2 Å². The zero-order valence-electron chi connectivity index (χ0n) is 20.3. The molecule has 3 aliphatic rings. The number of benzene rings is 2. The van der Waals surface area contributed by atoms with E-state index in [0.29, 0.717) is 13.1 Å². The molecule has 5 nitrogen and oxygen atoms in total. The SMILES string of the molecule is CC1(C(=O)NC2CCCCCC2)CN2Cc3ccccc3CC2C(=O)N1CCc1ccccc1. The van der Waals surface area contributed by atoms with E-state index in [0.717, 1.165) is 32.2 Å². The topological polar surface area (TPSA) is 52.7 Å². The van der Waals surface area contributed by atoms with E-state index in [1.165, 1.54) is 42.4 Å². The van der Waals surface area contributed by atoms with Crippen molar-refractivity contribution in [2.24, 2.45) is 0 Å². The average molecular weight is 460 g/mol. The fourth-order valence-corrected chi connectivity index (χ4v) is 6.09. The monoisotopic (exact) mass is 459 g/mol. The van der Waals surface area contributed by atoms with Gasteiger partial charge in [0.2, 0.25) is 11.8 Å². The first-order valence-corrected chi connectivity index (χ1v) is 13.0. The first-order chi connectivity index (χ1) is 16.5. The minimum absolute atomic E-state index is 0.0121. The van der Waals surface area contributed by atoms with E-state index < -0.39 is 5.54 Å². The molecule has 2 aliphatic heterocycles. The molecular formula is C29H37N3O2. The lowest BCUT2D eigenvalue weighted by Crippen LogP contribution is -2.73. The number of hydrogen-bond acceptors (Lipinski definition) is 3. The Labute approximate surface area is 203 Å². The summed E-state index contributed by atoms with van der Waals surface area (Å²) in [5.41, 5.74) is 2.85. The van der Waals surface area contributed by atoms with E-state index in [4.69, 9.17) is 0 Å². The lowest BCUT2D eigenvalue weighted by molar-refractivity contribution is -0.162.